The maximum atomic E-state index is 5.96. The van der Waals surface area contributed by atoms with Gasteiger partial charge in [0.1, 0.15) is 0 Å². The quantitative estimate of drug-likeness (QED) is 0.764. The summed E-state index contributed by atoms with van der Waals surface area (Å²) in [5.74, 6) is 0. The number of benzene rings is 1. The topological polar surface area (TPSA) is 29.3 Å². The van der Waals surface area contributed by atoms with Crippen LogP contribution in [0.25, 0.3) is 0 Å². The van der Waals surface area contributed by atoms with Gasteiger partial charge in [0, 0.05) is 18.6 Å². The lowest BCUT2D eigenvalue weighted by molar-refractivity contribution is 0.504. The van der Waals surface area contributed by atoms with Crippen molar-refractivity contribution in [2.45, 2.75) is 6.54 Å². The van der Waals surface area contributed by atoms with Crippen LogP contribution in [0.3, 0.4) is 0 Å². The van der Waals surface area contributed by atoms with Crippen molar-refractivity contribution in [1.29, 1.82) is 0 Å². The Morgan fingerprint density at radius 2 is 2.15 bits per heavy atom. The van der Waals surface area contributed by atoms with Crippen molar-refractivity contribution in [3.63, 3.8) is 0 Å². The molecule has 0 saturated heterocycles. The van der Waals surface area contributed by atoms with Crippen LogP contribution in [-0.2, 0) is 6.54 Å². The third kappa shape index (κ3) is 2.86. The molecule has 2 N–H and O–H groups in total. The van der Waals surface area contributed by atoms with Crippen molar-refractivity contribution in [2.75, 3.05) is 7.05 Å². The summed E-state index contributed by atoms with van der Waals surface area (Å²) in [5.41, 5.74) is 6.48. The van der Waals surface area contributed by atoms with Gasteiger partial charge >= 0.3 is 0 Å². The lowest BCUT2D eigenvalue weighted by Gasteiger charge is -2.17. The third-order valence-electron chi connectivity index (χ3n) is 1.74. The summed E-state index contributed by atoms with van der Waals surface area (Å²) in [4.78, 5) is 1.77. The molecule has 0 bridgehead atoms. The highest BCUT2D eigenvalue weighted by Crippen LogP contribution is 2.16. The van der Waals surface area contributed by atoms with E-state index >= 15 is 0 Å². The van der Waals surface area contributed by atoms with Gasteiger partial charge in [0.2, 0.25) is 0 Å². The number of hydrogen-bond donors (Lipinski definition) is 1. The zero-order chi connectivity index (χ0) is 9.84. The Hall–Kier alpha value is -0.800. The second kappa shape index (κ2) is 4.44. The summed E-state index contributed by atoms with van der Waals surface area (Å²) in [7, 11) is 1.84. The van der Waals surface area contributed by atoms with Gasteiger partial charge in [0.05, 0.1) is 0 Å². The summed E-state index contributed by atoms with van der Waals surface area (Å²) in [6.07, 6.45) is 0. The summed E-state index contributed by atoms with van der Waals surface area (Å²) in [6, 6.07) is 7.64. The fourth-order valence-corrected chi connectivity index (χ4v) is 1.22. The van der Waals surface area contributed by atoms with E-state index < -0.39 is 0 Å². The Labute approximate surface area is 88.3 Å². The van der Waals surface area contributed by atoms with Crippen molar-refractivity contribution >= 4 is 28.9 Å². The largest absolute Gasteiger partial charge is 0.376 e. The number of halogens is 1. The van der Waals surface area contributed by atoms with Gasteiger partial charge in [-0.15, -0.1) is 0 Å². The van der Waals surface area contributed by atoms with E-state index in [1.54, 1.807) is 4.90 Å². The number of rotatable bonds is 2. The smallest absolute Gasteiger partial charge is 0.166 e. The predicted molar refractivity (Wildman–Crippen MR) is 59.7 cm³/mol. The third-order valence-corrected chi connectivity index (χ3v) is 2.42. The molecule has 0 unspecified atom stereocenters. The monoisotopic (exact) mass is 214 g/mol. The number of thiocarbonyl (C=S) groups is 1. The molecule has 70 valence electrons. The molecule has 1 rings (SSSR count). The molecular formula is C9H11ClN2S. The van der Waals surface area contributed by atoms with Crippen LogP contribution in [0.2, 0.25) is 5.02 Å². The zero-order valence-electron chi connectivity index (χ0n) is 7.33. The summed E-state index contributed by atoms with van der Waals surface area (Å²) < 4.78 is 0. The van der Waals surface area contributed by atoms with Gasteiger partial charge in [-0.25, -0.2) is 0 Å². The van der Waals surface area contributed by atoms with Crippen LogP contribution in [0.1, 0.15) is 5.56 Å². The molecule has 13 heavy (non-hydrogen) atoms. The second-order valence-corrected chi connectivity index (χ2v) is 3.61. The van der Waals surface area contributed by atoms with Gasteiger partial charge < -0.3 is 10.6 Å². The van der Waals surface area contributed by atoms with E-state index in [9.17, 15) is 0 Å². The van der Waals surface area contributed by atoms with Gasteiger partial charge in [-0.1, -0.05) is 29.8 Å². The first-order valence-corrected chi connectivity index (χ1v) is 4.64. The molecule has 1 aromatic rings. The first-order chi connectivity index (χ1) is 6.11. The molecule has 0 aromatic heterocycles. The van der Waals surface area contributed by atoms with Crippen LogP contribution in [0, 0.1) is 0 Å². The maximum absolute atomic E-state index is 5.96. The molecular weight excluding hydrogens is 204 g/mol. The first kappa shape index (κ1) is 10.3. The average molecular weight is 215 g/mol. The minimum atomic E-state index is 0.375. The highest BCUT2D eigenvalue weighted by molar-refractivity contribution is 7.80. The molecule has 0 aliphatic rings. The Bertz CT molecular complexity index is 314. The van der Waals surface area contributed by atoms with Gasteiger partial charge in [-0.2, -0.15) is 0 Å². The minimum absolute atomic E-state index is 0.375. The van der Waals surface area contributed by atoms with E-state index in [-0.39, 0.29) is 0 Å². The summed E-state index contributed by atoms with van der Waals surface area (Å²) >= 11 is 10.8. The Morgan fingerprint density at radius 3 is 2.69 bits per heavy atom. The van der Waals surface area contributed by atoms with E-state index in [0.717, 1.165) is 10.6 Å². The summed E-state index contributed by atoms with van der Waals surface area (Å²) in [5, 5.41) is 1.12. The van der Waals surface area contributed by atoms with E-state index in [1.807, 2.05) is 31.3 Å². The first-order valence-electron chi connectivity index (χ1n) is 3.85. The van der Waals surface area contributed by atoms with Crippen molar-refractivity contribution in [2.24, 2.45) is 5.73 Å². The van der Waals surface area contributed by atoms with E-state index in [4.69, 9.17) is 29.6 Å². The van der Waals surface area contributed by atoms with Gasteiger partial charge in [-0.05, 0) is 23.8 Å². The van der Waals surface area contributed by atoms with Gasteiger partial charge in [-0.3, -0.25) is 0 Å². The molecule has 0 amide bonds. The molecule has 2 nitrogen and oxygen atoms in total. The molecule has 0 radical (unpaired) electrons. The Kier molecular flexibility index (Phi) is 3.51. The maximum Gasteiger partial charge on any atom is 0.166 e. The second-order valence-electron chi connectivity index (χ2n) is 2.79. The average Bonchev–Trinajstić information content (AvgIpc) is 2.08. The van der Waals surface area contributed by atoms with Crippen LogP contribution < -0.4 is 5.73 Å². The SMILES string of the molecule is CN(Cc1ccccc1Cl)C(N)=S. The number of nitrogens with two attached hydrogens (primary N) is 1. The molecule has 0 atom stereocenters. The molecule has 0 aliphatic carbocycles. The van der Waals surface area contributed by atoms with E-state index in [2.05, 4.69) is 0 Å². The molecule has 0 spiro atoms. The zero-order valence-corrected chi connectivity index (χ0v) is 8.90. The molecule has 1 aromatic carbocycles. The normalized spacial score (nSPS) is 9.69. The van der Waals surface area contributed by atoms with Crippen molar-refractivity contribution in [1.82, 2.24) is 4.90 Å². The van der Waals surface area contributed by atoms with Crippen LogP contribution in [0.5, 0.6) is 0 Å². The van der Waals surface area contributed by atoms with Crippen LogP contribution in [0.15, 0.2) is 24.3 Å². The molecule has 0 aliphatic heterocycles. The lowest BCUT2D eigenvalue weighted by Crippen LogP contribution is -2.31. The molecule has 0 saturated carbocycles. The minimum Gasteiger partial charge on any atom is -0.376 e. The highest BCUT2D eigenvalue weighted by Gasteiger charge is 2.03. The number of nitrogens with zero attached hydrogens (tertiary/aromatic N) is 1. The fourth-order valence-electron chi connectivity index (χ4n) is 0.960. The van der Waals surface area contributed by atoms with Gasteiger partial charge in [0.25, 0.3) is 0 Å². The molecule has 4 heteroatoms. The highest BCUT2D eigenvalue weighted by atomic mass is 35.5. The van der Waals surface area contributed by atoms with Crippen molar-refractivity contribution in [3.05, 3.63) is 34.9 Å². The van der Waals surface area contributed by atoms with E-state index in [0.29, 0.717) is 11.7 Å². The van der Waals surface area contributed by atoms with Crippen LogP contribution in [-0.4, -0.2) is 17.1 Å². The standard InChI is InChI=1S/C9H11ClN2S/c1-12(9(11)13)6-7-4-2-3-5-8(7)10/h2-5H,6H2,1H3,(H2,11,13). The van der Waals surface area contributed by atoms with Gasteiger partial charge in [0.15, 0.2) is 5.11 Å². The molecule has 0 fully saturated rings. The summed E-state index contributed by atoms with van der Waals surface area (Å²) in [6.45, 7) is 0.648. The van der Waals surface area contributed by atoms with Crippen molar-refractivity contribution < 1.29 is 0 Å². The predicted octanol–water partition coefficient (Wildman–Crippen LogP) is 2.02. The fraction of sp³-hybridized carbons (Fsp3) is 0.222. The lowest BCUT2D eigenvalue weighted by atomic mass is 10.2. The van der Waals surface area contributed by atoms with E-state index in [1.165, 1.54) is 0 Å². The molecule has 0 heterocycles. The Morgan fingerprint density at radius 1 is 1.54 bits per heavy atom. The van der Waals surface area contributed by atoms with Crippen LogP contribution >= 0.6 is 23.8 Å². The van der Waals surface area contributed by atoms with Crippen LogP contribution in [0.4, 0.5) is 0 Å². The number of hydrogen-bond acceptors (Lipinski definition) is 1. The van der Waals surface area contributed by atoms with Crippen molar-refractivity contribution in [3.8, 4) is 0 Å². The Balaban J connectivity index is 2.74.